The van der Waals surface area contributed by atoms with Crippen molar-refractivity contribution in [2.75, 3.05) is 33.3 Å². The zero-order valence-corrected chi connectivity index (χ0v) is 30.2. The van der Waals surface area contributed by atoms with Gasteiger partial charge in [-0.25, -0.2) is 0 Å². The fraction of sp³-hybridized carbons (Fsp3) is 0.622. The van der Waals surface area contributed by atoms with Crippen LogP contribution >= 0.6 is 15.9 Å². The average molecular weight is 731 g/mol. The Balaban J connectivity index is 1.69. The fourth-order valence-corrected chi connectivity index (χ4v) is 8.55. The van der Waals surface area contributed by atoms with Crippen molar-refractivity contribution in [2.45, 2.75) is 99.9 Å². The van der Waals surface area contributed by atoms with Crippen molar-refractivity contribution in [3.8, 4) is 0 Å². The second-order valence-electron chi connectivity index (χ2n) is 13.2. The van der Waals surface area contributed by atoms with Crippen LogP contribution in [-0.2, 0) is 28.7 Å². The molecular formula is C37H52BrN3O7. The van der Waals surface area contributed by atoms with E-state index in [1.165, 1.54) is 0 Å². The number of likely N-dealkylation sites (tertiary alicyclic amines) is 1. The SMILES string of the molecule is C=CCCC(=O)N(C)[C@H](C)[C@H](OC(=O)[C@H]1[C@@H]2O[C@@]3(CC2Br)[C@@H]1C(=O)N(CCCCO)[C@@H]3C(=O)N(CC=C)CCCCC)c1ccccc1. The first-order valence-electron chi connectivity index (χ1n) is 17.3. The zero-order valence-electron chi connectivity index (χ0n) is 28.6. The number of rotatable bonds is 19. The molecule has 0 radical (unpaired) electrons. The van der Waals surface area contributed by atoms with E-state index < -0.39 is 47.7 Å². The van der Waals surface area contributed by atoms with Crippen LogP contribution in [0, 0.1) is 11.8 Å². The Morgan fingerprint density at radius 2 is 1.90 bits per heavy atom. The van der Waals surface area contributed by atoms with Gasteiger partial charge in [-0.15, -0.1) is 13.2 Å². The number of unbranched alkanes of at least 4 members (excludes halogenated alkanes) is 3. The van der Waals surface area contributed by atoms with E-state index in [0.717, 1.165) is 24.8 Å². The van der Waals surface area contributed by atoms with Crippen molar-refractivity contribution in [3.05, 3.63) is 61.2 Å². The van der Waals surface area contributed by atoms with Gasteiger partial charge in [0.05, 0.1) is 24.0 Å². The molecule has 1 aromatic rings. The number of fused-ring (bicyclic) bond motifs is 1. The summed E-state index contributed by atoms with van der Waals surface area (Å²) in [7, 11) is 1.69. The van der Waals surface area contributed by atoms with Crippen molar-refractivity contribution in [2.24, 2.45) is 11.8 Å². The summed E-state index contributed by atoms with van der Waals surface area (Å²) in [6.45, 7) is 12.6. The van der Waals surface area contributed by atoms with Crippen LogP contribution in [0.4, 0.5) is 0 Å². The first kappa shape index (κ1) is 37.8. The molecule has 3 aliphatic heterocycles. The summed E-state index contributed by atoms with van der Waals surface area (Å²) in [5, 5.41) is 9.50. The van der Waals surface area contributed by atoms with E-state index in [-0.39, 0.29) is 42.1 Å². The number of aliphatic hydroxyl groups excluding tert-OH is 1. The number of benzene rings is 1. The molecule has 1 aromatic carbocycles. The number of allylic oxidation sites excluding steroid dienone is 1. The smallest absolute Gasteiger partial charge is 0.313 e. The van der Waals surface area contributed by atoms with Gasteiger partial charge in [-0.1, -0.05) is 78.2 Å². The predicted molar refractivity (Wildman–Crippen MR) is 187 cm³/mol. The van der Waals surface area contributed by atoms with Crippen LogP contribution in [-0.4, -0.2) is 105 Å². The molecular weight excluding hydrogens is 678 g/mol. The van der Waals surface area contributed by atoms with E-state index in [9.17, 15) is 24.3 Å². The largest absolute Gasteiger partial charge is 0.455 e. The minimum absolute atomic E-state index is 0.0323. The first-order chi connectivity index (χ1) is 23.1. The Morgan fingerprint density at radius 1 is 1.17 bits per heavy atom. The van der Waals surface area contributed by atoms with Crippen LogP contribution in [0.3, 0.4) is 0 Å². The first-order valence-corrected chi connectivity index (χ1v) is 18.2. The molecule has 3 heterocycles. The molecule has 0 aromatic heterocycles. The van der Waals surface area contributed by atoms with Crippen LogP contribution in [0.15, 0.2) is 55.6 Å². The summed E-state index contributed by atoms with van der Waals surface area (Å²) in [5.74, 6) is -3.07. The van der Waals surface area contributed by atoms with Gasteiger partial charge in [-0.05, 0) is 44.6 Å². The quantitative estimate of drug-likeness (QED) is 0.0941. The lowest BCUT2D eigenvalue weighted by atomic mass is 9.70. The molecule has 2 bridgehead atoms. The van der Waals surface area contributed by atoms with E-state index >= 15 is 0 Å². The predicted octanol–water partition coefficient (Wildman–Crippen LogP) is 4.81. The second kappa shape index (κ2) is 17.1. The summed E-state index contributed by atoms with van der Waals surface area (Å²) < 4.78 is 13.0. The molecule has 10 nitrogen and oxygen atoms in total. The number of nitrogens with zero attached hydrogens (tertiary/aromatic N) is 3. The number of likely N-dealkylation sites (N-methyl/N-ethyl adjacent to an activating group) is 1. The Morgan fingerprint density at radius 3 is 2.54 bits per heavy atom. The van der Waals surface area contributed by atoms with E-state index in [1.807, 2.05) is 37.3 Å². The van der Waals surface area contributed by atoms with Gasteiger partial charge in [0.25, 0.3) is 0 Å². The maximum Gasteiger partial charge on any atom is 0.313 e. The lowest BCUT2D eigenvalue weighted by Crippen LogP contribution is -2.57. The van der Waals surface area contributed by atoms with Crippen LogP contribution in [0.2, 0.25) is 0 Å². The van der Waals surface area contributed by atoms with Gasteiger partial charge in [0.2, 0.25) is 17.7 Å². The molecule has 264 valence electrons. The molecule has 11 heteroatoms. The van der Waals surface area contributed by atoms with Crippen molar-refractivity contribution in [1.29, 1.82) is 0 Å². The van der Waals surface area contributed by atoms with Gasteiger partial charge in [0.1, 0.15) is 17.7 Å². The molecule has 8 atom stereocenters. The van der Waals surface area contributed by atoms with Crippen molar-refractivity contribution in [3.63, 3.8) is 0 Å². The summed E-state index contributed by atoms with van der Waals surface area (Å²) in [6.07, 6.45) is 6.86. The van der Waals surface area contributed by atoms with Crippen LogP contribution in [0.25, 0.3) is 0 Å². The molecule has 3 saturated heterocycles. The molecule has 0 saturated carbocycles. The van der Waals surface area contributed by atoms with Crippen LogP contribution in [0.5, 0.6) is 0 Å². The third-order valence-electron chi connectivity index (χ3n) is 10.2. The maximum absolute atomic E-state index is 14.5. The number of aliphatic hydroxyl groups is 1. The minimum atomic E-state index is -1.22. The molecule has 4 rings (SSSR count). The molecule has 3 fully saturated rings. The number of alkyl halides is 1. The highest BCUT2D eigenvalue weighted by Crippen LogP contribution is 2.60. The van der Waals surface area contributed by atoms with Crippen LogP contribution in [0.1, 0.15) is 76.9 Å². The topological polar surface area (TPSA) is 117 Å². The molecule has 1 spiro atoms. The number of esters is 1. The number of hydrogen-bond donors (Lipinski definition) is 1. The molecule has 48 heavy (non-hydrogen) atoms. The van der Waals surface area contributed by atoms with E-state index in [1.54, 1.807) is 33.9 Å². The monoisotopic (exact) mass is 729 g/mol. The van der Waals surface area contributed by atoms with Crippen LogP contribution < -0.4 is 0 Å². The lowest BCUT2D eigenvalue weighted by molar-refractivity contribution is -0.164. The van der Waals surface area contributed by atoms with Gasteiger partial charge in [-0.2, -0.15) is 0 Å². The van der Waals surface area contributed by atoms with Gasteiger partial charge in [0, 0.05) is 44.5 Å². The van der Waals surface area contributed by atoms with Crippen molar-refractivity contribution < 1.29 is 33.8 Å². The number of hydrogen-bond acceptors (Lipinski definition) is 7. The van der Waals surface area contributed by atoms with E-state index in [0.29, 0.717) is 38.8 Å². The Labute approximate surface area is 293 Å². The minimum Gasteiger partial charge on any atom is -0.455 e. The van der Waals surface area contributed by atoms with E-state index in [2.05, 4.69) is 36.0 Å². The average Bonchev–Trinajstić information content (AvgIpc) is 3.68. The van der Waals surface area contributed by atoms with E-state index in [4.69, 9.17) is 9.47 Å². The summed E-state index contributed by atoms with van der Waals surface area (Å²) in [5.41, 5.74) is -0.495. The standard InChI is InChI=1S/C37H52BrN3O7/c1-6-9-14-21-40(20-8-3)35(45)33-37-24-27(38)32(48-37)29(30(37)34(44)41(33)22-15-16-23-42)36(46)47-31(26-17-12-11-13-18-26)25(4)39(5)28(43)19-10-7-2/h7-8,11-13,17-18,25,27,29-33,42H,2-3,6,9-10,14-16,19-24H2,1,4-5H3/t25-,27?,29-,30+,31+,32-,33-,37+/m1/s1. The third-order valence-corrected chi connectivity index (χ3v) is 11.0. The number of carbonyl (C=O) groups excluding carboxylic acids is 4. The molecule has 1 N–H and O–H groups in total. The Bertz CT molecular complexity index is 1310. The highest BCUT2D eigenvalue weighted by Gasteiger charge is 2.77. The summed E-state index contributed by atoms with van der Waals surface area (Å²) >= 11 is 3.74. The molecule has 3 amide bonds. The summed E-state index contributed by atoms with van der Waals surface area (Å²) in [4.78, 5) is 61.0. The lowest BCUT2D eigenvalue weighted by Gasteiger charge is -2.37. The van der Waals surface area contributed by atoms with Crippen molar-refractivity contribution in [1.82, 2.24) is 14.7 Å². The molecule has 3 aliphatic rings. The molecule has 0 aliphatic carbocycles. The highest BCUT2D eigenvalue weighted by atomic mass is 79.9. The fourth-order valence-electron chi connectivity index (χ4n) is 7.61. The molecule has 1 unspecified atom stereocenters. The van der Waals surface area contributed by atoms with Gasteiger partial charge >= 0.3 is 5.97 Å². The Kier molecular flexibility index (Phi) is 13.4. The number of amides is 3. The van der Waals surface area contributed by atoms with Crippen molar-refractivity contribution >= 4 is 39.6 Å². The number of ether oxygens (including phenoxy) is 2. The third kappa shape index (κ3) is 7.58. The summed E-state index contributed by atoms with van der Waals surface area (Å²) in [6, 6.07) is 7.84. The van der Waals surface area contributed by atoms with Gasteiger partial charge in [0.15, 0.2) is 0 Å². The second-order valence-corrected chi connectivity index (χ2v) is 14.4. The van der Waals surface area contributed by atoms with Gasteiger partial charge in [-0.3, -0.25) is 19.2 Å². The normalized spacial score (nSPS) is 26.9. The zero-order chi connectivity index (χ0) is 35.0. The number of halogens is 1. The Hall–Kier alpha value is -3.02. The highest BCUT2D eigenvalue weighted by molar-refractivity contribution is 9.09. The number of carbonyl (C=O) groups is 4. The van der Waals surface area contributed by atoms with Gasteiger partial charge < -0.3 is 29.3 Å². The maximum atomic E-state index is 14.5.